The highest BCUT2D eigenvalue weighted by atomic mass is 35.5. The molecule has 2 rings (SSSR count). The number of likely N-dealkylation sites (N-methyl/N-ethyl adjacent to an activating group) is 1. The first-order valence-corrected chi connectivity index (χ1v) is 6.86. The Labute approximate surface area is 121 Å². The van der Waals surface area contributed by atoms with Crippen LogP contribution < -0.4 is 10.6 Å². The molecule has 1 aliphatic heterocycles. The fourth-order valence-electron chi connectivity index (χ4n) is 2.63. The van der Waals surface area contributed by atoms with Gasteiger partial charge in [-0.15, -0.1) is 12.4 Å². The van der Waals surface area contributed by atoms with Gasteiger partial charge in [0.05, 0.1) is 12.0 Å². The number of carbonyl (C=O) groups is 1. The molecule has 112 valence electrons. The number of ether oxygens (including phenoxy) is 1. The predicted octanol–water partition coefficient (Wildman–Crippen LogP) is 0.245. The number of nitrogens with one attached hydrogen (secondary N) is 2. The van der Waals surface area contributed by atoms with Crippen molar-refractivity contribution in [2.45, 2.75) is 25.3 Å². The van der Waals surface area contributed by atoms with E-state index in [9.17, 15) is 4.79 Å². The average Bonchev–Trinajstić information content (AvgIpc) is 3.10. The maximum absolute atomic E-state index is 12.3. The van der Waals surface area contributed by atoms with Crippen molar-refractivity contribution in [2.75, 3.05) is 46.9 Å². The van der Waals surface area contributed by atoms with Gasteiger partial charge < -0.3 is 20.3 Å². The Kier molecular flexibility index (Phi) is 6.53. The van der Waals surface area contributed by atoms with Crippen LogP contribution in [0.1, 0.15) is 19.3 Å². The number of amides is 1. The van der Waals surface area contributed by atoms with E-state index in [0.717, 1.165) is 38.6 Å². The number of rotatable bonds is 7. The van der Waals surface area contributed by atoms with Crippen LogP contribution in [0, 0.1) is 5.41 Å². The third kappa shape index (κ3) is 4.31. The second-order valence-electron chi connectivity index (χ2n) is 5.61. The molecule has 6 heteroatoms. The summed E-state index contributed by atoms with van der Waals surface area (Å²) in [6.07, 6.45) is 3.48. The van der Waals surface area contributed by atoms with Gasteiger partial charge >= 0.3 is 0 Å². The van der Waals surface area contributed by atoms with E-state index in [4.69, 9.17) is 4.74 Å². The lowest BCUT2D eigenvalue weighted by atomic mass is 9.87. The van der Waals surface area contributed by atoms with Gasteiger partial charge in [0.1, 0.15) is 0 Å². The standard InChI is InChI=1S/C13H25N3O2.ClH/c1-16(11-3-4-11)8-7-15-12(17)13(10-18-2)5-6-14-9-13;/h11,14H,3-10H2,1-2H3,(H,15,17);1H. The maximum atomic E-state index is 12.3. The first kappa shape index (κ1) is 16.7. The largest absolute Gasteiger partial charge is 0.384 e. The summed E-state index contributed by atoms with van der Waals surface area (Å²) in [5, 5.41) is 6.32. The van der Waals surface area contributed by atoms with Gasteiger partial charge in [0, 0.05) is 32.8 Å². The molecule has 0 bridgehead atoms. The van der Waals surface area contributed by atoms with Crippen molar-refractivity contribution in [1.29, 1.82) is 0 Å². The molecule has 0 spiro atoms. The zero-order chi connectivity index (χ0) is 13.0. The van der Waals surface area contributed by atoms with Gasteiger partial charge in [0.15, 0.2) is 0 Å². The van der Waals surface area contributed by atoms with E-state index < -0.39 is 0 Å². The third-order valence-electron chi connectivity index (χ3n) is 4.07. The molecule has 1 saturated heterocycles. The molecule has 0 radical (unpaired) electrons. The SMILES string of the molecule is COCC1(C(=O)NCCN(C)C2CC2)CCNC1.Cl. The van der Waals surface area contributed by atoms with E-state index >= 15 is 0 Å². The summed E-state index contributed by atoms with van der Waals surface area (Å²) in [7, 11) is 3.79. The fraction of sp³-hybridized carbons (Fsp3) is 0.923. The highest BCUT2D eigenvalue weighted by molar-refractivity contribution is 5.85. The number of hydrogen-bond donors (Lipinski definition) is 2. The molecule has 2 N–H and O–H groups in total. The Morgan fingerprint density at radius 3 is 2.79 bits per heavy atom. The van der Waals surface area contributed by atoms with Crippen LogP contribution in [0.2, 0.25) is 0 Å². The molecule has 5 nitrogen and oxygen atoms in total. The molecule has 1 heterocycles. The molecule has 2 fully saturated rings. The summed E-state index contributed by atoms with van der Waals surface area (Å²) in [4.78, 5) is 14.6. The second-order valence-corrected chi connectivity index (χ2v) is 5.61. The second kappa shape index (κ2) is 7.43. The van der Waals surface area contributed by atoms with Crippen molar-refractivity contribution in [2.24, 2.45) is 5.41 Å². The smallest absolute Gasteiger partial charge is 0.229 e. The number of hydrogen-bond acceptors (Lipinski definition) is 4. The molecule has 1 unspecified atom stereocenters. The number of nitrogens with zero attached hydrogens (tertiary/aromatic N) is 1. The lowest BCUT2D eigenvalue weighted by Crippen LogP contribution is -2.47. The molecule has 2 aliphatic rings. The molecule has 1 saturated carbocycles. The van der Waals surface area contributed by atoms with Gasteiger partial charge in [0.25, 0.3) is 0 Å². The molecular weight excluding hydrogens is 266 g/mol. The summed E-state index contributed by atoms with van der Waals surface area (Å²) in [5.74, 6) is 0.138. The van der Waals surface area contributed by atoms with Gasteiger partial charge in [-0.25, -0.2) is 0 Å². The molecular formula is C13H26ClN3O2. The van der Waals surface area contributed by atoms with Gasteiger partial charge in [-0.3, -0.25) is 4.79 Å². The molecule has 1 amide bonds. The quantitative estimate of drug-likeness (QED) is 0.706. The van der Waals surface area contributed by atoms with E-state index in [2.05, 4.69) is 22.6 Å². The summed E-state index contributed by atoms with van der Waals surface area (Å²) in [6, 6.07) is 0.753. The normalized spacial score (nSPS) is 26.3. The van der Waals surface area contributed by atoms with Crippen molar-refractivity contribution in [3.8, 4) is 0 Å². The zero-order valence-electron chi connectivity index (χ0n) is 11.9. The number of carbonyl (C=O) groups excluding carboxylic acids is 1. The van der Waals surface area contributed by atoms with Crippen LogP contribution in [-0.2, 0) is 9.53 Å². The summed E-state index contributed by atoms with van der Waals surface area (Å²) in [6.45, 7) is 3.80. The van der Waals surface area contributed by atoms with Crippen LogP contribution >= 0.6 is 12.4 Å². The molecule has 0 aromatic rings. The van der Waals surface area contributed by atoms with Crippen LogP contribution in [0.4, 0.5) is 0 Å². The Morgan fingerprint density at radius 2 is 2.26 bits per heavy atom. The van der Waals surface area contributed by atoms with Gasteiger partial charge in [-0.05, 0) is 32.9 Å². The Hall–Kier alpha value is -0.360. The van der Waals surface area contributed by atoms with E-state index in [0.29, 0.717) is 6.61 Å². The van der Waals surface area contributed by atoms with Crippen LogP contribution in [0.25, 0.3) is 0 Å². The van der Waals surface area contributed by atoms with Crippen molar-refractivity contribution in [1.82, 2.24) is 15.5 Å². The molecule has 1 atom stereocenters. The van der Waals surface area contributed by atoms with Crippen LogP contribution in [0.3, 0.4) is 0 Å². The topological polar surface area (TPSA) is 53.6 Å². The van der Waals surface area contributed by atoms with Crippen molar-refractivity contribution < 1.29 is 9.53 Å². The Bertz CT molecular complexity index is 292. The molecule has 19 heavy (non-hydrogen) atoms. The average molecular weight is 292 g/mol. The Balaban J connectivity index is 0.00000180. The molecule has 0 aromatic carbocycles. The van der Waals surface area contributed by atoms with Crippen molar-refractivity contribution >= 4 is 18.3 Å². The maximum Gasteiger partial charge on any atom is 0.229 e. The number of methoxy groups -OCH3 is 1. The minimum Gasteiger partial charge on any atom is -0.384 e. The third-order valence-corrected chi connectivity index (χ3v) is 4.07. The monoisotopic (exact) mass is 291 g/mol. The molecule has 0 aromatic heterocycles. The first-order valence-electron chi connectivity index (χ1n) is 6.86. The zero-order valence-corrected chi connectivity index (χ0v) is 12.7. The lowest BCUT2D eigenvalue weighted by molar-refractivity contribution is -0.133. The summed E-state index contributed by atoms with van der Waals surface area (Å²) < 4.78 is 5.21. The van der Waals surface area contributed by atoms with E-state index in [1.807, 2.05) is 0 Å². The van der Waals surface area contributed by atoms with Crippen molar-refractivity contribution in [3.63, 3.8) is 0 Å². The van der Waals surface area contributed by atoms with Crippen LogP contribution in [-0.4, -0.2) is 63.8 Å². The first-order chi connectivity index (χ1) is 8.68. The van der Waals surface area contributed by atoms with E-state index in [1.54, 1.807) is 7.11 Å². The van der Waals surface area contributed by atoms with Crippen LogP contribution in [0.15, 0.2) is 0 Å². The highest BCUT2D eigenvalue weighted by Crippen LogP contribution is 2.26. The molecule has 1 aliphatic carbocycles. The van der Waals surface area contributed by atoms with E-state index in [-0.39, 0.29) is 23.7 Å². The number of halogens is 1. The van der Waals surface area contributed by atoms with Gasteiger partial charge in [-0.2, -0.15) is 0 Å². The van der Waals surface area contributed by atoms with Gasteiger partial charge in [-0.1, -0.05) is 0 Å². The lowest BCUT2D eigenvalue weighted by Gasteiger charge is -2.26. The van der Waals surface area contributed by atoms with E-state index in [1.165, 1.54) is 12.8 Å². The van der Waals surface area contributed by atoms with Gasteiger partial charge in [0.2, 0.25) is 5.91 Å². The summed E-state index contributed by atoms with van der Waals surface area (Å²) >= 11 is 0. The Morgan fingerprint density at radius 1 is 1.53 bits per heavy atom. The summed E-state index contributed by atoms with van der Waals surface area (Å²) in [5.41, 5.74) is -0.354. The predicted molar refractivity (Wildman–Crippen MR) is 77.7 cm³/mol. The minimum absolute atomic E-state index is 0. The minimum atomic E-state index is -0.354. The van der Waals surface area contributed by atoms with Crippen molar-refractivity contribution in [3.05, 3.63) is 0 Å². The fourth-order valence-corrected chi connectivity index (χ4v) is 2.63. The highest BCUT2D eigenvalue weighted by Gasteiger charge is 2.41. The van der Waals surface area contributed by atoms with Crippen LogP contribution in [0.5, 0.6) is 0 Å².